The summed E-state index contributed by atoms with van der Waals surface area (Å²) in [6.45, 7) is 4.45. The highest BCUT2D eigenvalue weighted by atomic mass is 32.2. The van der Waals surface area contributed by atoms with Gasteiger partial charge in [0, 0.05) is 24.7 Å². The second-order valence-electron chi connectivity index (χ2n) is 7.59. The van der Waals surface area contributed by atoms with Gasteiger partial charge in [0.1, 0.15) is 0 Å². The Morgan fingerprint density at radius 2 is 1.70 bits per heavy atom. The van der Waals surface area contributed by atoms with E-state index in [0.717, 1.165) is 5.56 Å². The largest absolute Gasteiger partial charge is 0.343 e. The van der Waals surface area contributed by atoms with Crippen LogP contribution in [0, 0.1) is 13.8 Å². The Morgan fingerprint density at radius 3 is 2.37 bits per heavy atom. The molecule has 2 aromatic carbocycles. The van der Waals surface area contributed by atoms with Crippen molar-refractivity contribution in [2.45, 2.75) is 37.6 Å². The number of rotatable bonds is 6. The van der Waals surface area contributed by atoms with Crippen LogP contribution in [0.5, 0.6) is 0 Å². The van der Waals surface area contributed by atoms with Gasteiger partial charge in [-0.15, -0.1) is 0 Å². The quantitative estimate of drug-likeness (QED) is 0.734. The van der Waals surface area contributed by atoms with E-state index in [1.54, 1.807) is 48.2 Å². The molecule has 2 N–H and O–H groups in total. The topological polar surface area (TPSA) is 95.6 Å². The predicted octanol–water partition coefficient (Wildman–Crippen LogP) is 2.00. The minimum absolute atomic E-state index is 0.0768. The smallest absolute Gasteiger partial charge is 0.251 e. The van der Waals surface area contributed by atoms with Gasteiger partial charge in [-0.25, -0.2) is 13.1 Å². The van der Waals surface area contributed by atoms with Crippen molar-refractivity contribution < 1.29 is 18.0 Å². The lowest BCUT2D eigenvalue weighted by atomic mass is 10.1. The van der Waals surface area contributed by atoms with Gasteiger partial charge in [0.05, 0.1) is 11.4 Å². The molecule has 1 fully saturated rings. The molecule has 0 aliphatic carbocycles. The number of benzene rings is 2. The summed E-state index contributed by atoms with van der Waals surface area (Å²) in [5.74, 6) is -0.463. The molecule has 7 nitrogen and oxygen atoms in total. The third kappa shape index (κ3) is 5.46. The number of nitrogens with one attached hydrogen (secondary N) is 2. The van der Waals surface area contributed by atoms with E-state index >= 15 is 0 Å². The molecular formula is C22H27N3O4S. The number of hydrogen-bond acceptors (Lipinski definition) is 4. The highest BCUT2D eigenvalue weighted by molar-refractivity contribution is 7.89. The summed E-state index contributed by atoms with van der Waals surface area (Å²) in [7, 11) is -3.61. The average Bonchev–Trinajstić information content (AvgIpc) is 2.74. The van der Waals surface area contributed by atoms with Crippen LogP contribution in [-0.4, -0.2) is 50.8 Å². The van der Waals surface area contributed by atoms with Crippen molar-refractivity contribution in [3.63, 3.8) is 0 Å². The van der Waals surface area contributed by atoms with E-state index < -0.39 is 10.0 Å². The Morgan fingerprint density at radius 1 is 1.03 bits per heavy atom. The van der Waals surface area contributed by atoms with Crippen LogP contribution in [0.1, 0.15) is 34.3 Å². The molecule has 1 saturated heterocycles. The summed E-state index contributed by atoms with van der Waals surface area (Å²) < 4.78 is 28.3. The van der Waals surface area contributed by atoms with Crippen LogP contribution < -0.4 is 10.0 Å². The second-order valence-corrected chi connectivity index (χ2v) is 9.28. The average molecular weight is 430 g/mol. The zero-order valence-corrected chi connectivity index (χ0v) is 18.0. The minimum atomic E-state index is -3.61. The number of likely N-dealkylation sites (tertiary alicyclic amines) is 1. The summed E-state index contributed by atoms with van der Waals surface area (Å²) in [6, 6.07) is 13.9. The van der Waals surface area contributed by atoms with Crippen LogP contribution in [0.2, 0.25) is 0 Å². The molecular weight excluding hydrogens is 402 g/mol. The lowest BCUT2D eigenvalue weighted by Gasteiger charge is -2.32. The fraction of sp³-hybridized carbons (Fsp3) is 0.364. The lowest BCUT2D eigenvalue weighted by Crippen LogP contribution is -2.49. The van der Waals surface area contributed by atoms with Crippen LogP contribution in [-0.2, 0) is 14.8 Å². The van der Waals surface area contributed by atoms with Crippen LogP contribution in [0.3, 0.4) is 0 Å². The fourth-order valence-corrected chi connectivity index (χ4v) is 5.12. The summed E-state index contributed by atoms with van der Waals surface area (Å²) >= 11 is 0. The Hall–Kier alpha value is -2.71. The van der Waals surface area contributed by atoms with Gasteiger partial charge in [0.15, 0.2) is 0 Å². The standard InChI is InChI=1S/C22H27N3O4S/c1-16-8-9-17(2)20(14-16)30(28,29)24-19-10-12-25(13-11-19)21(26)15-23-22(27)18-6-4-3-5-7-18/h3-9,14,19,24H,10-13,15H2,1-2H3,(H,23,27). The molecule has 8 heteroatoms. The fourth-order valence-electron chi connectivity index (χ4n) is 3.49. The Labute approximate surface area is 177 Å². The van der Waals surface area contributed by atoms with Crippen molar-refractivity contribution in [2.75, 3.05) is 19.6 Å². The van der Waals surface area contributed by atoms with Crippen LogP contribution in [0.25, 0.3) is 0 Å². The summed E-state index contributed by atoms with van der Waals surface area (Å²) in [6.07, 6.45) is 1.06. The molecule has 0 aromatic heterocycles. The van der Waals surface area contributed by atoms with Crippen LogP contribution >= 0.6 is 0 Å². The molecule has 0 radical (unpaired) electrons. The maximum atomic E-state index is 12.8. The van der Waals surface area contributed by atoms with Gasteiger partial charge in [-0.2, -0.15) is 0 Å². The molecule has 30 heavy (non-hydrogen) atoms. The first-order chi connectivity index (χ1) is 14.3. The third-order valence-electron chi connectivity index (χ3n) is 5.24. The van der Waals surface area contributed by atoms with E-state index in [9.17, 15) is 18.0 Å². The van der Waals surface area contributed by atoms with Crippen molar-refractivity contribution in [1.29, 1.82) is 0 Å². The highest BCUT2D eigenvalue weighted by Crippen LogP contribution is 2.19. The first-order valence-corrected chi connectivity index (χ1v) is 11.5. The molecule has 0 spiro atoms. The molecule has 2 amide bonds. The van der Waals surface area contributed by atoms with Crippen molar-refractivity contribution in [3.05, 3.63) is 65.2 Å². The van der Waals surface area contributed by atoms with Gasteiger partial charge in [-0.3, -0.25) is 9.59 Å². The zero-order valence-electron chi connectivity index (χ0n) is 17.2. The number of amides is 2. The molecule has 160 valence electrons. The van der Waals surface area contributed by atoms with Crippen LogP contribution in [0.15, 0.2) is 53.4 Å². The first-order valence-electron chi connectivity index (χ1n) is 9.97. The van der Waals surface area contributed by atoms with Crippen molar-refractivity contribution >= 4 is 21.8 Å². The molecule has 0 atom stereocenters. The summed E-state index contributed by atoms with van der Waals surface area (Å²) in [5.41, 5.74) is 2.10. The summed E-state index contributed by atoms with van der Waals surface area (Å²) in [4.78, 5) is 26.4. The summed E-state index contributed by atoms with van der Waals surface area (Å²) in [5, 5.41) is 2.64. The van der Waals surface area contributed by atoms with Gasteiger partial charge in [-0.05, 0) is 56.0 Å². The van der Waals surface area contributed by atoms with E-state index in [1.807, 2.05) is 19.1 Å². The third-order valence-corrected chi connectivity index (χ3v) is 6.90. The van der Waals surface area contributed by atoms with E-state index in [4.69, 9.17) is 0 Å². The van der Waals surface area contributed by atoms with Gasteiger partial charge in [0.25, 0.3) is 5.91 Å². The number of carbonyl (C=O) groups excluding carboxylic acids is 2. The van der Waals surface area contributed by atoms with E-state index in [0.29, 0.717) is 42.0 Å². The number of carbonyl (C=O) groups is 2. The van der Waals surface area contributed by atoms with Gasteiger partial charge in [0.2, 0.25) is 15.9 Å². The second kappa shape index (κ2) is 9.40. The Bertz CT molecular complexity index is 1010. The maximum Gasteiger partial charge on any atom is 0.251 e. The number of hydrogen-bond donors (Lipinski definition) is 2. The normalized spacial score (nSPS) is 15.1. The highest BCUT2D eigenvalue weighted by Gasteiger charge is 2.27. The zero-order chi connectivity index (χ0) is 21.7. The molecule has 1 aliphatic heterocycles. The van der Waals surface area contributed by atoms with Crippen molar-refractivity contribution in [1.82, 2.24) is 14.9 Å². The van der Waals surface area contributed by atoms with E-state index in [2.05, 4.69) is 10.0 Å². The predicted molar refractivity (Wildman–Crippen MR) is 115 cm³/mol. The van der Waals surface area contributed by atoms with E-state index in [1.165, 1.54) is 0 Å². The van der Waals surface area contributed by atoms with Gasteiger partial charge >= 0.3 is 0 Å². The number of nitrogens with zero attached hydrogens (tertiary/aromatic N) is 1. The number of aryl methyl sites for hydroxylation is 2. The Balaban J connectivity index is 1.50. The SMILES string of the molecule is Cc1ccc(C)c(S(=O)(=O)NC2CCN(C(=O)CNC(=O)c3ccccc3)CC2)c1. The van der Waals surface area contributed by atoms with Crippen molar-refractivity contribution in [2.24, 2.45) is 0 Å². The molecule has 2 aromatic rings. The lowest BCUT2D eigenvalue weighted by molar-refractivity contribution is -0.131. The van der Waals surface area contributed by atoms with E-state index in [-0.39, 0.29) is 24.4 Å². The molecule has 0 bridgehead atoms. The first kappa shape index (κ1) is 22.0. The monoisotopic (exact) mass is 429 g/mol. The van der Waals surface area contributed by atoms with Crippen LogP contribution in [0.4, 0.5) is 0 Å². The van der Waals surface area contributed by atoms with Gasteiger partial charge in [-0.1, -0.05) is 30.3 Å². The molecule has 0 unspecified atom stereocenters. The molecule has 3 rings (SSSR count). The molecule has 0 saturated carbocycles. The maximum absolute atomic E-state index is 12.8. The van der Waals surface area contributed by atoms with Crippen molar-refractivity contribution in [3.8, 4) is 0 Å². The minimum Gasteiger partial charge on any atom is -0.343 e. The number of piperidine rings is 1. The number of sulfonamides is 1. The molecule has 1 aliphatic rings. The van der Waals surface area contributed by atoms with Gasteiger partial charge < -0.3 is 10.2 Å². The molecule has 1 heterocycles. The Kier molecular flexibility index (Phi) is 6.89.